The third-order valence-electron chi connectivity index (χ3n) is 3.06. The summed E-state index contributed by atoms with van der Waals surface area (Å²) in [5.41, 5.74) is 3.69. The highest BCUT2D eigenvalue weighted by molar-refractivity contribution is 6.03. The number of hydrogen-bond acceptors (Lipinski definition) is 1. The lowest BCUT2D eigenvalue weighted by Gasteiger charge is -2.18. The van der Waals surface area contributed by atoms with Crippen molar-refractivity contribution in [2.75, 3.05) is 5.32 Å². The highest BCUT2D eigenvalue weighted by Gasteiger charge is 2.34. The maximum Gasteiger partial charge on any atom is 0.232 e. The van der Waals surface area contributed by atoms with Crippen LogP contribution in [-0.2, 0) is 11.2 Å². The van der Waals surface area contributed by atoms with Gasteiger partial charge in [0.05, 0.1) is 5.92 Å². The average molecular weight is 173 g/mol. The minimum absolute atomic E-state index is 0.153. The normalized spacial score (nSPS) is 24.0. The topological polar surface area (TPSA) is 29.1 Å². The predicted molar refractivity (Wildman–Crippen MR) is 50.8 cm³/mol. The highest BCUT2D eigenvalue weighted by Crippen LogP contribution is 2.41. The van der Waals surface area contributed by atoms with Gasteiger partial charge < -0.3 is 5.32 Å². The Morgan fingerprint density at radius 2 is 2.31 bits per heavy atom. The Balaban J connectivity index is 2.25. The standard InChI is InChI=1S/C11H11NO/c13-11-8-5-1-3-7-4-2-6-9(12-11)10(7)8/h2,4,6,8H,1,3,5H2,(H,12,13). The van der Waals surface area contributed by atoms with E-state index in [1.807, 2.05) is 12.1 Å². The van der Waals surface area contributed by atoms with Crippen LogP contribution in [0.4, 0.5) is 5.69 Å². The lowest BCUT2D eigenvalue weighted by molar-refractivity contribution is -0.117. The van der Waals surface area contributed by atoms with Crippen molar-refractivity contribution < 1.29 is 4.79 Å². The maximum absolute atomic E-state index is 11.5. The van der Waals surface area contributed by atoms with Gasteiger partial charge in [0.1, 0.15) is 0 Å². The molecule has 1 aliphatic heterocycles. The molecule has 0 saturated heterocycles. The van der Waals surface area contributed by atoms with E-state index in [2.05, 4.69) is 11.4 Å². The highest BCUT2D eigenvalue weighted by atomic mass is 16.2. The van der Waals surface area contributed by atoms with Crippen LogP contribution < -0.4 is 5.32 Å². The van der Waals surface area contributed by atoms with Crippen LogP contribution in [0, 0.1) is 0 Å². The molecule has 2 heteroatoms. The summed E-state index contributed by atoms with van der Waals surface area (Å²) >= 11 is 0. The molecule has 1 heterocycles. The van der Waals surface area contributed by atoms with Crippen molar-refractivity contribution in [3.8, 4) is 0 Å². The van der Waals surface area contributed by atoms with Gasteiger partial charge in [-0.15, -0.1) is 0 Å². The summed E-state index contributed by atoms with van der Waals surface area (Å²) in [5, 5.41) is 2.94. The molecule has 2 nitrogen and oxygen atoms in total. The Morgan fingerprint density at radius 3 is 3.23 bits per heavy atom. The van der Waals surface area contributed by atoms with E-state index in [1.165, 1.54) is 11.1 Å². The number of anilines is 1. The molecule has 13 heavy (non-hydrogen) atoms. The molecular formula is C11H11NO. The molecule has 1 amide bonds. The lowest BCUT2D eigenvalue weighted by Crippen LogP contribution is -2.15. The van der Waals surface area contributed by atoms with Crippen molar-refractivity contribution >= 4 is 11.6 Å². The average Bonchev–Trinajstić information content (AvgIpc) is 2.47. The third kappa shape index (κ3) is 0.857. The molecule has 1 unspecified atom stereocenters. The molecule has 0 radical (unpaired) electrons. The summed E-state index contributed by atoms with van der Waals surface area (Å²) < 4.78 is 0. The van der Waals surface area contributed by atoms with E-state index < -0.39 is 0 Å². The minimum atomic E-state index is 0.153. The molecule has 3 rings (SSSR count). The summed E-state index contributed by atoms with van der Waals surface area (Å²) in [6.07, 6.45) is 3.30. The van der Waals surface area contributed by atoms with Gasteiger partial charge in [-0.1, -0.05) is 12.1 Å². The zero-order valence-corrected chi connectivity index (χ0v) is 7.34. The predicted octanol–water partition coefficient (Wildman–Crippen LogP) is 2.06. The smallest absolute Gasteiger partial charge is 0.232 e. The molecule has 1 N–H and O–H groups in total. The van der Waals surface area contributed by atoms with E-state index in [4.69, 9.17) is 0 Å². The molecule has 0 saturated carbocycles. The quantitative estimate of drug-likeness (QED) is 0.639. The van der Waals surface area contributed by atoms with E-state index in [1.54, 1.807) is 0 Å². The van der Waals surface area contributed by atoms with Gasteiger partial charge in [-0.2, -0.15) is 0 Å². The second-order valence-electron chi connectivity index (χ2n) is 3.81. The Hall–Kier alpha value is -1.31. The van der Waals surface area contributed by atoms with E-state index in [-0.39, 0.29) is 11.8 Å². The Bertz CT molecular complexity index is 384. The molecule has 0 spiro atoms. The molecule has 1 aromatic rings. The number of hydrogen-bond donors (Lipinski definition) is 1. The van der Waals surface area contributed by atoms with E-state index in [9.17, 15) is 4.79 Å². The van der Waals surface area contributed by atoms with Gasteiger partial charge in [0.2, 0.25) is 5.91 Å². The van der Waals surface area contributed by atoms with Gasteiger partial charge >= 0.3 is 0 Å². The van der Waals surface area contributed by atoms with Gasteiger partial charge in [0.15, 0.2) is 0 Å². The fourth-order valence-electron chi connectivity index (χ4n) is 2.47. The van der Waals surface area contributed by atoms with Crippen molar-refractivity contribution in [3.63, 3.8) is 0 Å². The SMILES string of the molecule is O=C1Nc2cccc3c2C1CCC3. The molecule has 0 aromatic heterocycles. The van der Waals surface area contributed by atoms with Crippen molar-refractivity contribution in [2.45, 2.75) is 25.2 Å². The van der Waals surface area contributed by atoms with Crippen LogP contribution in [-0.4, -0.2) is 5.91 Å². The van der Waals surface area contributed by atoms with Crippen LogP contribution in [0.15, 0.2) is 18.2 Å². The summed E-state index contributed by atoms with van der Waals surface area (Å²) in [5.74, 6) is 0.349. The molecule has 0 fully saturated rings. The first kappa shape index (κ1) is 7.13. The number of aryl methyl sites for hydroxylation is 1. The molecule has 0 bridgehead atoms. The molecular weight excluding hydrogens is 162 g/mol. The van der Waals surface area contributed by atoms with Crippen molar-refractivity contribution in [3.05, 3.63) is 29.3 Å². The van der Waals surface area contributed by atoms with Gasteiger partial charge in [-0.3, -0.25) is 4.79 Å². The second-order valence-corrected chi connectivity index (χ2v) is 3.81. The largest absolute Gasteiger partial charge is 0.325 e. The number of nitrogens with one attached hydrogen (secondary N) is 1. The molecule has 2 aliphatic rings. The zero-order chi connectivity index (χ0) is 8.84. The number of carbonyl (C=O) groups excluding carboxylic acids is 1. The van der Waals surface area contributed by atoms with Crippen LogP contribution in [0.3, 0.4) is 0 Å². The fraction of sp³-hybridized carbons (Fsp3) is 0.364. The zero-order valence-electron chi connectivity index (χ0n) is 7.34. The van der Waals surface area contributed by atoms with Crippen LogP contribution in [0.5, 0.6) is 0 Å². The first-order valence-electron chi connectivity index (χ1n) is 4.79. The second kappa shape index (κ2) is 2.34. The summed E-state index contributed by atoms with van der Waals surface area (Å²) in [6.45, 7) is 0. The summed E-state index contributed by atoms with van der Waals surface area (Å²) in [6, 6.07) is 6.18. The van der Waals surface area contributed by atoms with Crippen LogP contribution in [0.25, 0.3) is 0 Å². The van der Waals surface area contributed by atoms with Gasteiger partial charge in [-0.25, -0.2) is 0 Å². The van der Waals surface area contributed by atoms with E-state index >= 15 is 0 Å². The Morgan fingerprint density at radius 1 is 1.38 bits per heavy atom. The van der Waals surface area contributed by atoms with Gasteiger partial charge in [0, 0.05) is 5.69 Å². The van der Waals surface area contributed by atoms with Crippen LogP contribution in [0.1, 0.15) is 29.9 Å². The number of rotatable bonds is 0. The number of carbonyl (C=O) groups is 1. The molecule has 1 aromatic carbocycles. The lowest BCUT2D eigenvalue weighted by atomic mass is 9.84. The van der Waals surface area contributed by atoms with E-state index in [0.29, 0.717) is 0 Å². The van der Waals surface area contributed by atoms with Crippen molar-refractivity contribution in [1.29, 1.82) is 0 Å². The van der Waals surface area contributed by atoms with Gasteiger partial charge in [0.25, 0.3) is 0 Å². The van der Waals surface area contributed by atoms with Crippen LogP contribution >= 0.6 is 0 Å². The van der Waals surface area contributed by atoms with Crippen molar-refractivity contribution in [1.82, 2.24) is 0 Å². The fourth-order valence-corrected chi connectivity index (χ4v) is 2.47. The minimum Gasteiger partial charge on any atom is -0.325 e. The number of benzene rings is 1. The Kier molecular flexibility index (Phi) is 1.29. The molecule has 66 valence electrons. The Labute approximate surface area is 77.0 Å². The molecule has 1 atom stereocenters. The maximum atomic E-state index is 11.5. The van der Waals surface area contributed by atoms with Gasteiger partial charge in [-0.05, 0) is 36.5 Å². The number of amides is 1. The monoisotopic (exact) mass is 173 g/mol. The summed E-state index contributed by atoms with van der Waals surface area (Å²) in [7, 11) is 0. The first-order chi connectivity index (χ1) is 6.36. The first-order valence-corrected chi connectivity index (χ1v) is 4.79. The third-order valence-corrected chi connectivity index (χ3v) is 3.06. The van der Waals surface area contributed by atoms with Crippen LogP contribution in [0.2, 0.25) is 0 Å². The van der Waals surface area contributed by atoms with Crippen molar-refractivity contribution in [2.24, 2.45) is 0 Å². The van der Waals surface area contributed by atoms with E-state index in [0.717, 1.165) is 24.9 Å². The molecule has 1 aliphatic carbocycles. The summed E-state index contributed by atoms with van der Waals surface area (Å²) in [4.78, 5) is 11.5.